The SMILES string of the molecule is CCc1cc(N)c(OC)cc1S(=O)(=O)CCO. The minimum atomic E-state index is -3.49. The standard InChI is InChI=1S/C11H17NO4S/c1-3-8-6-9(12)10(16-2)7-11(8)17(14,15)5-4-13/h6-7,13H,3-5,12H2,1-2H3. The molecule has 17 heavy (non-hydrogen) atoms. The molecule has 0 fully saturated rings. The lowest BCUT2D eigenvalue weighted by molar-refractivity contribution is 0.319. The molecule has 0 saturated carbocycles. The first kappa shape index (κ1) is 13.8. The number of hydrogen-bond donors (Lipinski definition) is 2. The van der Waals surface area contributed by atoms with E-state index in [1.807, 2.05) is 6.92 Å². The number of sulfone groups is 1. The van der Waals surface area contributed by atoms with Crippen LogP contribution in [0, 0.1) is 0 Å². The van der Waals surface area contributed by atoms with Gasteiger partial charge >= 0.3 is 0 Å². The van der Waals surface area contributed by atoms with E-state index in [1.54, 1.807) is 6.07 Å². The van der Waals surface area contributed by atoms with Gasteiger partial charge in [-0.15, -0.1) is 0 Å². The zero-order valence-electron chi connectivity index (χ0n) is 9.93. The van der Waals surface area contributed by atoms with Gasteiger partial charge in [-0.3, -0.25) is 0 Å². The van der Waals surface area contributed by atoms with E-state index < -0.39 is 16.4 Å². The van der Waals surface area contributed by atoms with Crippen LogP contribution in [-0.2, 0) is 16.3 Å². The molecule has 0 bridgehead atoms. The third-order valence-corrected chi connectivity index (χ3v) is 4.26. The van der Waals surface area contributed by atoms with Crippen LogP contribution in [0.3, 0.4) is 0 Å². The molecule has 0 radical (unpaired) electrons. The second-order valence-corrected chi connectivity index (χ2v) is 5.68. The predicted octanol–water partition coefficient (Wildman–Crippen LogP) is 0.606. The van der Waals surface area contributed by atoms with Crippen LogP contribution in [0.1, 0.15) is 12.5 Å². The number of nitrogens with two attached hydrogens (primary N) is 1. The van der Waals surface area contributed by atoms with E-state index in [-0.39, 0.29) is 10.6 Å². The van der Waals surface area contributed by atoms with Crippen LogP contribution in [0.2, 0.25) is 0 Å². The van der Waals surface area contributed by atoms with E-state index in [1.165, 1.54) is 13.2 Å². The van der Waals surface area contributed by atoms with Crippen LogP contribution in [0.5, 0.6) is 5.75 Å². The molecule has 0 atom stereocenters. The normalized spacial score (nSPS) is 11.5. The number of anilines is 1. The highest BCUT2D eigenvalue weighted by Crippen LogP contribution is 2.29. The van der Waals surface area contributed by atoms with E-state index in [9.17, 15) is 8.42 Å². The Labute approximate surface area is 101 Å². The Morgan fingerprint density at radius 3 is 2.53 bits per heavy atom. The Morgan fingerprint density at radius 1 is 1.41 bits per heavy atom. The van der Waals surface area contributed by atoms with Gasteiger partial charge in [-0.05, 0) is 18.1 Å². The van der Waals surface area contributed by atoms with Crippen LogP contribution in [0.15, 0.2) is 17.0 Å². The summed E-state index contributed by atoms with van der Waals surface area (Å²) in [7, 11) is -2.06. The summed E-state index contributed by atoms with van der Waals surface area (Å²) < 4.78 is 28.9. The van der Waals surface area contributed by atoms with Crippen molar-refractivity contribution in [3.05, 3.63) is 17.7 Å². The van der Waals surface area contributed by atoms with Crippen LogP contribution in [0.25, 0.3) is 0 Å². The molecule has 0 aliphatic heterocycles. The zero-order valence-corrected chi connectivity index (χ0v) is 10.8. The van der Waals surface area contributed by atoms with Gasteiger partial charge in [-0.2, -0.15) is 0 Å². The Bertz CT molecular complexity index is 496. The molecule has 1 aromatic rings. The van der Waals surface area contributed by atoms with Crippen molar-refractivity contribution >= 4 is 15.5 Å². The van der Waals surface area contributed by atoms with Gasteiger partial charge in [-0.25, -0.2) is 8.42 Å². The molecule has 3 N–H and O–H groups in total. The summed E-state index contributed by atoms with van der Waals surface area (Å²) in [5.41, 5.74) is 6.77. The van der Waals surface area contributed by atoms with Crippen LogP contribution >= 0.6 is 0 Å². The number of hydrogen-bond acceptors (Lipinski definition) is 5. The molecule has 0 aromatic heterocycles. The lowest BCUT2D eigenvalue weighted by Crippen LogP contribution is -2.13. The fourth-order valence-corrected chi connectivity index (χ4v) is 2.95. The van der Waals surface area contributed by atoms with Gasteiger partial charge in [0.25, 0.3) is 0 Å². The van der Waals surface area contributed by atoms with E-state index >= 15 is 0 Å². The van der Waals surface area contributed by atoms with E-state index in [2.05, 4.69) is 0 Å². The maximum Gasteiger partial charge on any atom is 0.181 e. The molecule has 0 amide bonds. The van der Waals surface area contributed by atoms with Gasteiger partial charge in [0.1, 0.15) is 5.75 Å². The van der Waals surface area contributed by atoms with Crippen molar-refractivity contribution < 1.29 is 18.3 Å². The molecule has 1 aromatic carbocycles. The Kier molecular flexibility index (Phi) is 4.36. The van der Waals surface area contributed by atoms with E-state index in [4.69, 9.17) is 15.6 Å². The van der Waals surface area contributed by atoms with E-state index in [0.29, 0.717) is 23.4 Å². The molecule has 0 aliphatic carbocycles. The van der Waals surface area contributed by atoms with Gasteiger partial charge in [0.2, 0.25) is 0 Å². The van der Waals surface area contributed by atoms with Gasteiger partial charge in [-0.1, -0.05) is 6.92 Å². The Balaban J connectivity index is 3.40. The summed E-state index contributed by atoms with van der Waals surface area (Å²) in [5.74, 6) is 0.0336. The number of ether oxygens (including phenoxy) is 1. The topological polar surface area (TPSA) is 89.6 Å². The number of aliphatic hydroxyl groups is 1. The van der Waals surface area contributed by atoms with Crippen molar-refractivity contribution in [2.24, 2.45) is 0 Å². The summed E-state index contributed by atoms with van der Waals surface area (Å²) in [5, 5.41) is 8.77. The molecule has 5 nitrogen and oxygen atoms in total. The molecule has 0 unspecified atom stereocenters. The molecule has 0 heterocycles. The highest BCUT2D eigenvalue weighted by atomic mass is 32.2. The Morgan fingerprint density at radius 2 is 2.06 bits per heavy atom. The summed E-state index contributed by atoms with van der Waals surface area (Å²) in [6.45, 7) is 1.44. The average molecular weight is 259 g/mol. The second-order valence-electron chi connectivity index (χ2n) is 3.60. The zero-order chi connectivity index (χ0) is 13.1. The summed E-state index contributed by atoms with van der Waals surface area (Å²) in [4.78, 5) is 0.181. The number of nitrogen functional groups attached to an aromatic ring is 1. The number of methoxy groups -OCH3 is 1. The van der Waals surface area contributed by atoms with Crippen molar-refractivity contribution in [3.8, 4) is 5.75 Å². The van der Waals surface area contributed by atoms with Crippen LogP contribution < -0.4 is 10.5 Å². The molecular weight excluding hydrogens is 242 g/mol. The fourth-order valence-electron chi connectivity index (χ4n) is 1.60. The number of benzene rings is 1. The first-order valence-electron chi connectivity index (χ1n) is 5.26. The lowest BCUT2D eigenvalue weighted by Gasteiger charge is -2.12. The largest absolute Gasteiger partial charge is 0.495 e. The highest BCUT2D eigenvalue weighted by molar-refractivity contribution is 7.91. The molecule has 0 aliphatic rings. The quantitative estimate of drug-likeness (QED) is 0.756. The lowest BCUT2D eigenvalue weighted by atomic mass is 10.1. The van der Waals surface area contributed by atoms with Crippen molar-refractivity contribution in [1.82, 2.24) is 0 Å². The number of rotatable bonds is 5. The van der Waals surface area contributed by atoms with Crippen molar-refractivity contribution in [1.29, 1.82) is 0 Å². The minimum absolute atomic E-state index is 0.181. The third kappa shape index (κ3) is 2.89. The maximum atomic E-state index is 11.9. The van der Waals surface area contributed by atoms with Crippen LogP contribution in [-0.4, -0.2) is 33.0 Å². The molecule has 96 valence electrons. The first-order valence-corrected chi connectivity index (χ1v) is 6.91. The Hall–Kier alpha value is -1.27. The monoisotopic (exact) mass is 259 g/mol. The van der Waals surface area contributed by atoms with Gasteiger partial charge in [0.05, 0.1) is 30.1 Å². The van der Waals surface area contributed by atoms with E-state index in [0.717, 1.165) is 0 Å². The molecule has 1 rings (SSSR count). The fraction of sp³-hybridized carbons (Fsp3) is 0.455. The van der Waals surface area contributed by atoms with Gasteiger partial charge in [0.15, 0.2) is 9.84 Å². The van der Waals surface area contributed by atoms with Gasteiger partial charge < -0.3 is 15.6 Å². The molecule has 6 heteroatoms. The smallest absolute Gasteiger partial charge is 0.181 e. The number of aliphatic hydroxyl groups excluding tert-OH is 1. The van der Waals surface area contributed by atoms with Crippen molar-refractivity contribution in [2.45, 2.75) is 18.2 Å². The molecular formula is C11H17NO4S. The highest BCUT2D eigenvalue weighted by Gasteiger charge is 2.19. The summed E-state index contributed by atoms with van der Waals surface area (Å²) >= 11 is 0. The molecule has 0 spiro atoms. The summed E-state index contributed by atoms with van der Waals surface area (Å²) in [6, 6.07) is 3.02. The summed E-state index contributed by atoms with van der Waals surface area (Å²) in [6.07, 6.45) is 0.550. The first-order chi connectivity index (χ1) is 7.96. The third-order valence-electron chi connectivity index (χ3n) is 2.49. The number of aryl methyl sites for hydroxylation is 1. The van der Waals surface area contributed by atoms with Crippen molar-refractivity contribution in [3.63, 3.8) is 0 Å². The average Bonchev–Trinajstić information content (AvgIpc) is 2.28. The molecule has 0 saturated heterocycles. The van der Waals surface area contributed by atoms with Gasteiger partial charge in [0, 0.05) is 6.07 Å². The van der Waals surface area contributed by atoms with Crippen LogP contribution in [0.4, 0.5) is 5.69 Å². The second kappa shape index (κ2) is 5.37. The van der Waals surface area contributed by atoms with Crippen molar-refractivity contribution in [2.75, 3.05) is 25.2 Å². The minimum Gasteiger partial charge on any atom is -0.495 e. The predicted molar refractivity (Wildman–Crippen MR) is 65.9 cm³/mol. The maximum absolute atomic E-state index is 11.9.